The number of likely N-dealkylation sites (tertiary alicyclic amines) is 1. The number of carbonyl (C=O) groups excluding carboxylic acids is 1. The van der Waals surface area contributed by atoms with E-state index in [0.717, 1.165) is 72.0 Å². The van der Waals surface area contributed by atoms with Crippen LogP contribution in [-0.4, -0.2) is 43.7 Å². The quantitative estimate of drug-likeness (QED) is 0.228. The number of halogens is 1. The second-order valence-electron chi connectivity index (χ2n) is 11.3. The minimum absolute atomic E-state index is 0.0626. The van der Waals surface area contributed by atoms with E-state index in [1.807, 2.05) is 32.0 Å². The fourth-order valence-electron chi connectivity index (χ4n) is 6.12. The number of rotatable bonds is 12. The van der Waals surface area contributed by atoms with Gasteiger partial charge in [0, 0.05) is 18.3 Å². The first kappa shape index (κ1) is 29.9. The first-order valence-electron chi connectivity index (χ1n) is 15.5. The average Bonchev–Trinajstić information content (AvgIpc) is 3.43. The van der Waals surface area contributed by atoms with Crippen molar-refractivity contribution in [1.82, 2.24) is 4.90 Å². The Labute approximate surface area is 249 Å². The smallest absolute Gasteiger partial charge is 0.238 e. The fraction of sp³-hybridized carbons (Fsp3) is 0.457. The predicted octanol–water partition coefficient (Wildman–Crippen LogP) is 7.46. The normalized spacial score (nSPS) is 18.2. The van der Waals surface area contributed by atoms with Gasteiger partial charge in [0.15, 0.2) is 11.5 Å². The minimum atomic E-state index is -0.263. The molecule has 3 aromatic carbocycles. The van der Waals surface area contributed by atoms with Crippen molar-refractivity contribution in [1.29, 1.82) is 0 Å². The Kier molecular flexibility index (Phi) is 10.0. The molecule has 0 saturated carbocycles. The molecule has 2 aliphatic heterocycles. The van der Waals surface area contributed by atoms with E-state index in [1.54, 1.807) is 0 Å². The summed E-state index contributed by atoms with van der Waals surface area (Å²) < 4.78 is 31.7. The number of benzene rings is 3. The van der Waals surface area contributed by atoms with Crippen molar-refractivity contribution in [2.45, 2.75) is 71.3 Å². The van der Waals surface area contributed by atoms with Crippen LogP contribution in [0.25, 0.3) is 0 Å². The van der Waals surface area contributed by atoms with Gasteiger partial charge >= 0.3 is 0 Å². The predicted molar refractivity (Wildman–Crippen MR) is 164 cm³/mol. The molecule has 0 bridgehead atoms. The Bertz CT molecular complexity index is 1330. The van der Waals surface area contributed by atoms with Crippen molar-refractivity contribution in [2.75, 3.05) is 38.2 Å². The number of unbranched alkanes of at least 4 members (excludes halogenated alkanes) is 2. The molecular formula is C35H43FN2O4. The molecule has 1 saturated heterocycles. The van der Waals surface area contributed by atoms with Crippen molar-refractivity contribution >= 4 is 11.6 Å². The maximum atomic E-state index is 14.2. The number of hydrogen-bond donors (Lipinski definition) is 1. The number of nitrogens with one attached hydrogen (secondary N) is 1. The largest absolute Gasteiger partial charge is 0.494 e. The van der Waals surface area contributed by atoms with E-state index >= 15 is 0 Å². The van der Waals surface area contributed by atoms with Crippen LogP contribution in [0.3, 0.4) is 0 Å². The van der Waals surface area contributed by atoms with Crippen LogP contribution >= 0.6 is 0 Å². The number of nitrogens with zero attached hydrogens (tertiary/aromatic N) is 1. The summed E-state index contributed by atoms with van der Waals surface area (Å²) in [6, 6.07) is 17.6. The Morgan fingerprint density at radius 1 is 0.929 bits per heavy atom. The Morgan fingerprint density at radius 3 is 2.31 bits per heavy atom. The maximum absolute atomic E-state index is 14.2. The zero-order chi connectivity index (χ0) is 29.5. The van der Waals surface area contributed by atoms with Crippen LogP contribution in [-0.2, 0) is 17.6 Å². The van der Waals surface area contributed by atoms with Crippen LogP contribution in [0.1, 0.15) is 80.7 Å². The van der Waals surface area contributed by atoms with E-state index < -0.39 is 0 Å². The number of carbonyl (C=O) groups is 1. The van der Waals surface area contributed by atoms with E-state index in [4.69, 9.17) is 14.2 Å². The highest BCUT2D eigenvalue weighted by molar-refractivity contribution is 5.94. The topological polar surface area (TPSA) is 60.0 Å². The molecule has 1 N–H and O–H groups in total. The number of anilines is 1. The molecule has 2 atom stereocenters. The third-order valence-electron chi connectivity index (χ3n) is 8.36. The lowest BCUT2D eigenvalue weighted by Gasteiger charge is -2.25. The summed E-state index contributed by atoms with van der Waals surface area (Å²) in [5, 5.41) is 3.14. The zero-order valence-corrected chi connectivity index (χ0v) is 25.1. The Morgan fingerprint density at radius 2 is 1.62 bits per heavy atom. The summed E-state index contributed by atoms with van der Waals surface area (Å²) >= 11 is 0. The highest BCUT2D eigenvalue weighted by atomic mass is 19.1. The maximum Gasteiger partial charge on any atom is 0.238 e. The second kappa shape index (κ2) is 14.1. The van der Waals surface area contributed by atoms with Crippen molar-refractivity contribution in [3.8, 4) is 17.2 Å². The van der Waals surface area contributed by atoms with Gasteiger partial charge in [-0.3, -0.25) is 9.69 Å². The molecule has 1 fully saturated rings. The van der Waals surface area contributed by atoms with Gasteiger partial charge in [0.1, 0.15) is 24.8 Å². The zero-order valence-electron chi connectivity index (χ0n) is 25.1. The molecule has 224 valence electrons. The molecule has 3 aromatic rings. The number of hydrogen-bond acceptors (Lipinski definition) is 5. The van der Waals surface area contributed by atoms with E-state index in [2.05, 4.69) is 41.4 Å². The molecule has 7 heteroatoms. The second-order valence-corrected chi connectivity index (χ2v) is 11.3. The van der Waals surface area contributed by atoms with E-state index in [9.17, 15) is 9.18 Å². The Balaban J connectivity index is 1.36. The molecule has 1 amide bonds. The number of ether oxygens (including phenoxy) is 3. The Hall–Kier alpha value is -3.58. The lowest BCUT2D eigenvalue weighted by molar-refractivity contribution is -0.117. The van der Waals surface area contributed by atoms with Gasteiger partial charge < -0.3 is 19.5 Å². The standard InChI is InChI=1S/C35H43FN2O4/c1-4-7-8-15-40-30-12-9-26(10-13-30)31-20-28(27-11-14-32-33(21-27)42-17-16-41-32)22-38(31)23-34(39)37-35-24(5-2)18-29(36)19-25(35)6-3/h9-14,18-19,21,28,31H,4-8,15-17,20,22-23H2,1-3H3,(H,37,39)/t28-,31-/m1/s1. The lowest BCUT2D eigenvalue weighted by atomic mass is 9.93. The van der Waals surface area contributed by atoms with Gasteiger partial charge in [-0.15, -0.1) is 0 Å². The molecule has 6 nitrogen and oxygen atoms in total. The van der Waals surface area contributed by atoms with E-state index in [-0.39, 0.29) is 30.2 Å². The van der Waals surface area contributed by atoms with Gasteiger partial charge in [-0.1, -0.05) is 51.8 Å². The summed E-state index contributed by atoms with van der Waals surface area (Å²) in [4.78, 5) is 15.8. The SMILES string of the molecule is CCCCCOc1ccc([C@H]2C[C@@H](c3ccc4c(c3)OCCO4)CN2CC(=O)Nc2c(CC)cc(F)cc2CC)cc1. The highest BCUT2D eigenvalue weighted by Gasteiger charge is 2.35. The van der Waals surface area contributed by atoms with Gasteiger partial charge in [0.05, 0.1) is 13.2 Å². The third-order valence-corrected chi connectivity index (χ3v) is 8.36. The number of fused-ring (bicyclic) bond motifs is 1. The van der Waals surface area contributed by atoms with E-state index in [1.165, 1.54) is 24.1 Å². The molecule has 5 rings (SSSR count). The first-order chi connectivity index (χ1) is 20.5. The van der Waals surface area contributed by atoms with Gasteiger partial charge in [0.2, 0.25) is 5.91 Å². The van der Waals surface area contributed by atoms with Gasteiger partial charge in [-0.05, 0) is 90.3 Å². The molecule has 0 unspecified atom stereocenters. The summed E-state index contributed by atoms with van der Waals surface area (Å²) in [6.07, 6.45) is 5.54. The molecular weight excluding hydrogens is 531 g/mol. The molecule has 0 spiro atoms. The molecule has 0 aliphatic carbocycles. The van der Waals surface area contributed by atoms with Crippen molar-refractivity contribution in [3.05, 3.63) is 82.7 Å². The van der Waals surface area contributed by atoms with Crippen LogP contribution in [0.2, 0.25) is 0 Å². The highest BCUT2D eigenvalue weighted by Crippen LogP contribution is 2.43. The van der Waals surface area contributed by atoms with Crippen molar-refractivity contribution in [3.63, 3.8) is 0 Å². The van der Waals surface area contributed by atoms with Gasteiger partial charge in [0.25, 0.3) is 0 Å². The van der Waals surface area contributed by atoms with Crippen LogP contribution in [0.5, 0.6) is 17.2 Å². The van der Waals surface area contributed by atoms with Crippen LogP contribution in [0.15, 0.2) is 54.6 Å². The van der Waals surface area contributed by atoms with Crippen LogP contribution in [0, 0.1) is 5.82 Å². The van der Waals surface area contributed by atoms with Crippen LogP contribution < -0.4 is 19.5 Å². The van der Waals surface area contributed by atoms with Gasteiger partial charge in [-0.25, -0.2) is 4.39 Å². The summed E-state index contributed by atoms with van der Waals surface area (Å²) in [5.74, 6) is 2.31. The number of aryl methyl sites for hydroxylation is 2. The van der Waals surface area contributed by atoms with Crippen LogP contribution in [0.4, 0.5) is 10.1 Å². The fourth-order valence-corrected chi connectivity index (χ4v) is 6.12. The van der Waals surface area contributed by atoms with Gasteiger partial charge in [-0.2, -0.15) is 0 Å². The third kappa shape index (κ3) is 7.06. The average molecular weight is 575 g/mol. The monoisotopic (exact) mass is 574 g/mol. The summed E-state index contributed by atoms with van der Waals surface area (Å²) in [7, 11) is 0. The van der Waals surface area contributed by atoms with E-state index in [0.29, 0.717) is 26.1 Å². The first-order valence-corrected chi connectivity index (χ1v) is 15.5. The molecule has 2 aliphatic rings. The summed E-state index contributed by atoms with van der Waals surface area (Å²) in [6.45, 7) is 8.95. The number of amides is 1. The molecule has 0 aromatic heterocycles. The lowest BCUT2D eigenvalue weighted by Crippen LogP contribution is -2.33. The molecule has 42 heavy (non-hydrogen) atoms. The summed E-state index contributed by atoms with van der Waals surface area (Å²) in [5.41, 5.74) is 4.73. The molecule has 2 heterocycles. The van der Waals surface area contributed by atoms with Crippen molar-refractivity contribution < 1.29 is 23.4 Å². The minimum Gasteiger partial charge on any atom is -0.494 e. The molecule has 0 radical (unpaired) electrons. The van der Waals surface area contributed by atoms with Crippen molar-refractivity contribution in [2.24, 2.45) is 0 Å².